The molecule has 0 amide bonds. The van der Waals surface area contributed by atoms with Crippen LogP contribution >= 0.6 is 0 Å². The van der Waals surface area contributed by atoms with Gasteiger partial charge in [-0.15, -0.1) is 0 Å². The molecule has 1 aromatic rings. The number of rotatable bonds is 4. The van der Waals surface area contributed by atoms with Gasteiger partial charge in [0.05, 0.1) is 12.0 Å². The SMILES string of the molecule is CC[C@@]1(O)CC[C@H]2[C@@H](CC[C@@H]3[C@@H]2CC[C@]2(C)[C@@H](C(=O)Cc4ncc[nH]4)CC[C@@H]32)C1. The van der Waals surface area contributed by atoms with Crippen LogP contribution in [0, 0.1) is 40.9 Å². The van der Waals surface area contributed by atoms with Crippen LogP contribution in [-0.2, 0) is 11.2 Å². The molecule has 4 fully saturated rings. The number of aromatic nitrogens is 2. The molecule has 0 saturated heterocycles. The first kappa shape index (κ1) is 19.8. The van der Waals surface area contributed by atoms with Crippen LogP contribution in [0.25, 0.3) is 0 Å². The fourth-order valence-electron chi connectivity index (χ4n) is 8.50. The Kier molecular flexibility index (Phi) is 4.92. The summed E-state index contributed by atoms with van der Waals surface area (Å²) in [5.41, 5.74) is -0.204. The summed E-state index contributed by atoms with van der Waals surface area (Å²) < 4.78 is 0. The molecule has 5 rings (SSSR count). The maximum absolute atomic E-state index is 13.2. The molecule has 1 aromatic heterocycles. The summed E-state index contributed by atoms with van der Waals surface area (Å²) in [6.07, 6.45) is 15.6. The van der Waals surface area contributed by atoms with Gasteiger partial charge in [0.15, 0.2) is 0 Å². The first-order valence-corrected chi connectivity index (χ1v) is 12.2. The van der Waals surface area contributed by atoms with Crippen molar-refractivity contribution in [3.63, 3.8) is 0 Å². The zero-order valence-electron chi connectivity index (χ0n) is 18.2. The lowest BCUT2D eigenvalue weighted by Crippen LogP contribution is -2.51. The summed E-state index contributed by atoms with van der Waals surface area (Å²) in [4.78, 5) is 20.6. The van der Waals surface area contributed by atoms with Crippen LogP contribution in [0.1, 0.15) is 83.9 Å². The molecule has 4 heteroatoms. The molecule has 0 aliphatic heterocycles. The molecule has 0 spiro atoms. The van der Waals surface area contributed by atoms with E-state index in [-0.39, 0.29) is 11.3 Å². The molecule has 0 bridgehead atoms. The Morgan fingerprint density at radius 2 is 1.97 bits per heavy atom. The van der Waals surface area contributed by atoms with Gasteiger partial charge in [-0.05, 0) is 99.2 Å². The number of nitrogens with zero attached hydrogens (tertiary/aromatic N) is 1. The van der Waals surface area contributed by atoms with Crippen LogP contribution in [0.4, 0.5) is 0 Å². The summed E-state index contributed by atoms with van der Waals surface area (Å²) in [5.74, 6) is 5.37. The smallest absolute Gasteiger partial charge is 0.144 e. The number of aromatic amines is 1. The summed E-state index contributed by atoms with van der Waals surface area (Å²) in [7, 11) is 0. The van der Waals surface area contributed by atoms with Gasteiger partial charge in [0.25, 0.3) is 0 Å². The highest BCUT2D eigenvalue weighted by Gasteiger charge is 2.58. The van der Waals surface area contributed by atoms with Crippen LogP contribution < -0.4 is 0 Å². The monoisotopic (exact) mass is 398 g/mol. The van der Waals surface area contributed by atoms with E-state index in [9.17, 15) is 9.90 Å². The number of Topliss-reactive ketones (excluding diaryl/α,β-unsaturated/α-hetero) is 1. The van der Waals surface area contributed by atoms with Crippen LogP contribution in [0.2, 0.25) is 0 Å². The molecule has 0 unspecified atom stereocenters. The number of hydrogen-bond donors (Lipinski definition) is 2. The van der Waals surface area contributed by atoms with Gasteiger partial charge in [0, 0.05) is 18.3 Å². The molecule has 4 nitrogen and oxygen atoms in total. The molecular formula is C25H38N2O2. The highest BCUT2D eigenvalue weighted by molar-refractivity contribution is 5.83. The van der Waals surface area contributed by atoms with Crippen LogP contribution in [0.5, 0.6) is 0 Å². The zero-order valence-corrected chi connectivity index (χ0v) is 18.2. The fraction of sp³-hybridized carbons (Fsp3) is 0.840. The van der Waals surface area contributed by atoms with Crippen molar-refractivity contribution in [2.24, 2.45) is 40.9 Å². The van der Waals surface area contributed by atoms with Crippen LogP contribution in [-0.4, -0.2) is 26.5 Å². The van der Waals surface area contributed by atoms with Crippen molar-refractivity contribution in [3.8, 4) is 0 Å². The Morgan fingerprint density at radius 1 is 1.14 bits per heavy atom. The molecule has 8 atom stereocenters. The average Bonchev–Trinajstić information content (AvgIpc) is 3.34. The number of fused-ring (bicyclic) bond motifs is 5. The van der Waals surface area contributed by atoms with Crippen molar-refractivity contribution in [2.75, 3.05) is 0 Å². The van der Waals surface area contributed by atoms with Gasteiger partial charge >= 0.3 is 0 Å². The summed E-state index contributed by atoms with van der Waals surface area (Å²) in [5, 5.41) is 10.9. The van der Waals surface area contributed by atoms with Crippen molar-refractivity contribution in [1.29, 1.82) is 0 Å². The largest absolute Gasteiger partial charge is 0.390 e. The quantitative estimate of drug-likeness (QED) is 0.756. The Bertz CT molecular complexity index is 746. The lowest BCUT2D eigenvalue weighted by molar-refractivity contribution is -0.132. The number of aliphatic hydroxyl groups is 1. The Balaban J connectivity index is 1.31. The summed E-state index contributed by atoms with van der Waals surface area (Å²) in [6, 6.07) is 0. The minimum atomic E-state index is -0.395. The Morgan fingerprint density at radius 3 is 2.72 bits per heavy atom. The van der Waals surface area contributed by atoms with Crippen molar-refractivity contribution in [2.45, 2.75) is 90.1 Å². The maximum Gasteiger partial charge on any atom is 0.144 e. The van der Waals surface area contributed by atoms with E-state index in [1.807, 2.05) is 6.20 Å². The first-order valence-electron chi connectivity index (χ1n) is 12.2. The van der Waals surface area contributed by atoms with E-state index in [1.165, 1.54) is 38.5 Å². The second-order valence-corrected chi connectivity index (χ2v) is 11.1. The highest BCUT2D eigenvalue weighted by Crippen LogP contribution is 2.64. The summed E-state index contributed by atoms with van der Waals surface area (Å²) in [6.45, 7) is 4.59. The normalized spacial score (nSPS) is 46.6. The predicted octanol–water partition coefficient (Wildman–Crippen LogP) is 4.93. The summed E-state index contributed by atoms with van der Waals surface area (Å²) >= 11 is 0. The number of H-pyrrole nitrogens is 1. The third-order valence-electron chi connectivity index (χ3n) is 10.0. The van der Waals surface area contributed by atoms with Crippen molar-refractivity contribution in [1.82, 2.24) is 9.97 Å². The third-order valence-corrected chi connectivity index (χ3v) is 10.0. The number of nitrogens with one attached hydrogen (secondary N) is 1. The van der Waals surface area contributed by atoms with Gasteiger partial charge < -0.3 is 10.1 Å². The number of imidazole rings is 1. The van der Waals surface area contributed by atoms with Gasteiger partial charge in [-0.1, -0.05) is 13.8 Å². The number of ketones is 1. The third kappa shape index (κ3) is 3.21. The molecule has 4 aliphatic carbocycles. The molecular weight excluding hydrogens is 360 g/mol. The van der Waals surface area contributed by atoms with E-state index in [4.69, 9.17) is 0 Å². The fourth-order valence-corrected chi connectivity index (χ4v) is 8.50. The van der Waals surface area contributed by atoms with E-state index in [0.29, 0.717) is 12.2 Å². The Hall–Kier alpha value is -1.16. The van der Waals surface area contributed by atoms with Gasteiger partial charge in [-0.2, -0.15) is 0 Å². The molecule has 4 aliphatic rings. The molecule has 0 aromatic carbocycles. The van der Waals surface area contributed by atoms with E-state index >= 15 is 0 Å². The number of carbonyl (C=O) groups is 1. The molecule has 160 valence electrons. The second kappa shape index (κ2) is 7.21. The zero-order chi connectivity index (χ0) is 20.2. The lowest BCUT2D eigenvalue weighted by atomic mass is 9.48. The first-order chi connectivity index (χ1) is 13.9. The molecule has 2 N–H and O–H groups in total. The average molecular weight is 399 g/mol. The second-order valence-electron chi connectivity index (χ2n) is 11.1. The predicted molar refractivity (Wildman–Crippen MR) is 113 cm³/mol. The van der Waals surface area contributed by atoms with E-state index in [0.717, 1.165) is 61.1 Å². The number of carbonyl (C=O) groups excluding carboxylic acids is 1. The van der Waals surface area contributed by atoms with Crippen molar-refractivity contribution in [3.05, 3.63) is 18.2 Å². The van der Waals surface area contributed by atoms with Gasteiger partial charge in [-0.3, -0.25) is 4.79 Å². The molecule has 1 heterocycles. The topological polar surface area (TPSA) is 66.0 Å². The standard InChI is InChI=1S/C25H38N2O2/c1-3-25(29)11-9-17-16(15-25)4-5-19-18(17)8-10-24(2)20(19)6-7-21(24)22(28)14-23-26-12-13-27-23/h12-13,16-21,29H,3-11,14-15H2,1-2H3,(H,26,27)/t16-,17-,18+,19+,20-,21+,24-,25+/m0/s1. The molecule has 4 saturated carbocycles. The molecule has 0 radical (unpaired) electrons. The van der Waals surface area contributed by atoms with Crippen molar-refractivity contribution >= 4 is 5.78 Å². The Labute approximate surface area is 175 Å². The van der Waals surface area contributed by atoms with E-state index in [2.05, 4.69) is 23.8 Å². The van der Waals surface area contributed by atoms with Gasteiger partial charge in [0.2, 0.25) is 0 Å². The van der Waals surface area contributed by atoms with Gasteiger partial charge in [0.1, 0.15) is 11.6 Å². The number of hydrogen-bond acceptors (Lipinski definition) is 3. The van der Waals surface area contributed by atoms with E-state index < -0.39 is 5.60 Å². The minimum absolute atomic E-state index is 0.191. The molecule has 29 heavy (non-hydrogen) atoms. The maximum atomic E-state index is 13.2. The van der Waals surface area contributed by atoms with Gasteiger partial charge in [-0.25, -0.2) is 4.98 Å². The minimum Gasteiger partial charge on any atom is -0.390 e. The highest BCUT2D eigenvalue weighted by atomic mass is 16.3. The lowest BCUT2D eigenvalue weighted by Gasteiger charge is -2.57. The van der Waals surface area contributed by atoms with E-state index in [1.54, 1.807) is 6.20 Å². The van der Waals surface area contributed by atoms with Crippen molar-refractivity contribution < 1.29 is 9.90 Å². The van der Waals surface area contributed by atoms with Crippen LogP contribution in [0.15, 0.2) is 12.4 Å². The van der Waals surface area contributed by atoms with Crippen LogP contribution in [0.3, 0.4) is 0 Å².